The third-order valence-electron chi connectivity index (χ3n) is 2.72. The second kappa shape index (κ2) is 9.52. The summed E-state index contributed by atoms with van der Waals surface area (Å²) in [5, 5.41) is 11.1. The second-order valence-corrected chi connectivity index (χ2v) is 4.49. The van der Waals surface area contributed by atoms with Gasteiger partial charge in [-0.2, -0.15) is 0 Å². The van der Waals surface area contributed by atoms with Crippen LogP contribution in [0.1, 0.15) is 36.0 Å². The molecule has 1 aromatic rings. The van der Waals surface area contributed by atoms with Gasteiger partial charge in [-0.25, -0.2) is 0 Å². The molecule has 0 heterocycles. The van der Waals surface area contributed by atoms with E-state index in [1.54, 1.807) is 24.3 Å². The van der Waals surface area contributed by atoms with Crippen LogP contribution in [0.5, 0.6) is 5.75 Å². The highest BCUT2D eigenvalue weighted by molar-refractivity contribution is 5.76. The van der Waals surface area contributed by atoms with Crippen molar-refractivity contribution in [3.8, 4) is 5.75 Å². The van der Waals surface area contributed by atoms with Gasteiger partial charge in [-0.15, -0.1) is 0 Å². The van der Waals surface area contributed by atoms with Crippen LogP contribution in [0.3, 0.4) is 0 Å². The number of hydrogen-bond donors (Lipinski definition) is 2. The Bertz CT molecular complexity index is 469. The predicted octanol–water partition coefficient (Wildman–Crippen LogP) is 1.64. The first-order valence-corrected chi connectivity index (χ1v) is 6.78. The van der Waals surface area contributed by atoms with Crippen LogP contribution in [0.4, 0.5) is 0 Å². The van der Waals surface area contributed by atoms with Gasteiger partial charge >= 0.3 is 5.97 Å². The van der Waals surface area contributed by atoms with Crippen molar-refractivity contribution in [3.05, 3.63) is 29.8 Å². The van der Waals surface area contributed by atoms with Crippen molar-refractivity contribution in [2.24, 2.45) is 0 Å². The molecule has 0 bridgehead atoms. The summed E-state index contributed by atoms with van der Waals surface area (Å²) < 4.78 is 5.44. The Morgan fingerprint density at radius 3 is 2.48 bits per heavy atom. The van der Waals surface area contributed by atoms with Crippen LogP contribution in [0.25, 0.3) is 0 Å². The number of ether oxygens (including phenoxy) is 1. The molecule has 21 heavy (non-hydrogen) atoms. The SMILES string of the molecule is O=Cc1ccc(OCCCC(=O)NCCCC(=O)O)cc1. The number of amides is 1. The van der Waals surface area contributed by atoms with Crippen molar-refractivity contribution >= 4 is 18.2 Å². The van der Waals surface area contributed by atoms with E-state index in [1.807, 2.05) is 0 Å². The number of nitrogens with one attached hydrogen (secondary N) is 1. The second-order valence-electron chi connectivity index (χ2n) is 4.49. The molecule has 1 rings (SSSR count). The minimum absolute atomic E-state index is 0.0557. The lowest BCUT2D eigenvalue weighted by atomic mass is 10.2. The van der Waals surface area contributed by atoms with Crippen LogP contribution in [-0.2, 0) is 9.59 Å². The maximum atomic E-state index is 11.4. The van der Waals surface area contributed by atoms with Crippen LogP contribution < -0.4 is 10.1 Å². The molecule has 0 saturated heterocycles. The molecule has 0 aromatic heterocycles. The number of benzene rings is 1. The van der Waals surface area contributed by atoms with E-state index in [4.69, 9.17) is 9.84 Å². The van der Waals surface area contributed by atoms with Gasteiger partial charge in [0, 0.05) is 24.9 Å². The molecule has 6 nitrogen and oxygen atoms in total. The van der Waals surface area contributed by atoms with Crippen molar-refractivity contribution in [1.82, 2.24) is 5.32 Å². The van der Waals surface area contributed by atoms with E-state index >= 15 is 0 Å². The van der Waals surface area contributed by atoms with E-state index in [1.165, 1.54) is 0 Å². The molecule has 0 saturated carbocycles. The van der Waals surface area contributed by atoms with Crippen LogP contribution in [0, 0.1) is 0 Å². The predicted molar refractivity (Wildman–Crippen MR) is 76.4 cm³/mol. The van der Waals surface area contributed by atoms with Gasteiger partial charge in [-0.3, -0.25) is 14.4 Å². The van der Waals surface area contributed by atoms with Crippen molar-refractivity contribution in [2.45, 2.75) is 25.7 Å². The molecule has 0 unspecified atom stereocenters. The van der Waals surface area contributed by atoms with Crippen LogP contribution in [-0.4, -0.2) is 36.4 Å². The van der Waals surface area contributed by atoms with Gasteiger partial charge in [0.05, 0.1) is 6.61 Å². The number of carbonyl (C=O) groups is 3. The van der Waals surface area contributed by atoms with Crippen LogP contribution >= 0.6 is 0 Å². The van der Waals surface area contributed by atoms with Crippen molar-refractivity contribution in [3.63, 3.8) is 0 Å². The van der Waals surface area contributed by atoms with Gasteiger partial charge in [-0.1, -0.05) is 0 Å². The van der Waals surface area contributed by atoms with Gasteiger partial charge in [0.25, 0.3) is 0 Å². The first kappa shape index (κ1) is 16.7. The number of aliphatic carboxylic acids is 1. The third-order valence-corrected chi connectivity index (χ3v) is 2.72. The zero-order chi connectivity index (χ0) is 15.5. The summed E-state index contributed by atoms with van der Waals surface area (Å²) in [4.78, 5) is 32.2. The van der Waals surface area contributed by atoms with Gasteiger partial charge in [0.1, 0.15) is 12.0 Å². The summed E-state index contributed by atoms with van der Waals surface area (Å²) >= 11 is 0. The van der Waals surface area contributed by atoms with Crippen molar-refractivity contribution < 1.29 is 24.2 Å². The van der Waals surface area contributed by atoms with Gasteiger partial charge in [0.15, 0.2) is 0 Å². The maximum absolute atomic E-state index is 11.4. The first-order chi connectivity index (χ1) is 10.1. The molecule has 0 atom stereocenters. The Morgan fingerprint density at radius 1 is 1.14 bits per heavy atom. The van der Waals surface area contributed by atoms with E-state index in [2.05, 4.69) is 5.32 Å². The number of hydrogen-bond acceptors (Lipinski definition) is 4. The van der Waals surface area contributed by atoms with E-state index in [0.717, 1.165) is 6.29 Å². The topological polar surface area (TPSA) is 92.7 Å². The Balaban J connectivity index is 2.08. The standard InChI is InChI=1S/C15H19NO5/c17-11-12-5-7-13(8-6-12)21-10-2-3-14(18)16-9-1-4-15(19)20/h5-8,11H,1-4,9-10H2,(H,16,18)(H,19,20). The fourth-order valence-electron chi connectivity index (χ4n) is 1.62. The zero-order valence-electron chi connectivity index (χ0n) is 11.7. The van der Waals surface area contributed by atoms with Crippen molar-refractivity contribution in [2.75, 3.05) is 13.2 Å². The van der Waals surface area contributed by atoms with Gasteiger partial charge < -0.3 is 15.2 Å². The highest BCUT2D eigenvalue weighted by Gasteiger charge is 2.02. The lowest BCUT2D eigenvalue weighted by Gasteiger charge is -2.07. The third kappa shape index (κ3) is 7.71. The number of aldehydes is 1. The molecule has 0 radical (unpaired) electrons. The minimum atomic E-state index is -0.863. The molecule has 0 aliphatic carbocycles. The van der Waals surface area contributed by atoms with Crippen LogP contribution in [0.2, 0.25) is 0 Å². The highest BCUT2D eigenvalue weighted by atomic mass is 16.5. The van der Waals surface area contributed by atoms with Crippen LogP contribution in [0.15, 0.2) is 24.3 Å². The van der Waals surface area contributed by atoms with E-state index < -0.39 is 5.97 Å². The summed E-state index contributed by atoms with van der Waals surface area (Å²) in [5.74, 6) is -0.319. The molecule has 1 amide bonds. The number of rotatable bonds is 10. The smallest absolute Gasteiger partial charge is 0.303 e. The number of carboxylic acids is 1. The van der Waals surface area contributed by atoms with E-state index in [9.17, 15) is 14.4 Å². The summed E-state index contributed by atoms with van der Waals surface area (Å²) in [6.45, 7) is 0.780. The summed E-state index contributed by atoms with van der Waals surface area (Å²) in [7, 11) is 0. The lowest BCUT2D eigenvalue weighted by molar-refractivity contribution is -0.137. The molecule has 114 valence electrons. The zero-order valence-corrected chi connectivity index (χ0v) is 11.7. The molecule has 0 aliphatic heterocycles. The molecule has 6 heteroatoms. The summed E-state index contributed by atoms with van der Waals surface area (Å²) in [5.41, 5.74) is 0.586. The first-order valence-electron chi connectivity index (χ1n) is 6.78. The largest absolute Gasteiger partial charge is 0.494 e. The molecule has 0 aliphatic rings. The fraction of sp³-hybridized carbons (Fsp3) is 0.400. The average Bonchev–Trinajstić information content (AvgIpc) is 2.48. The average molecular weight is 293 g/mol. The monoisotopic (exact) mass is 293 g/mol. The fourth-order valence-corrected chi connectivity index (χ4v) is 1.62. The number of carboxylic acid groups (broad SMARTS) is 1. The molecule has 2 N–H and O–H groups in total. The highest BCUT2D eigenvalue weighted by Crippen LogP contribution is 2.11. The molecular weight excluding hydrogens is 274 g/mol. The van der Waals surface area contributed by atoms with Gasteiger partial charge in [-0.05, 0) is 37.1 Å². The number of carbonyl (C=O) groups excluding carboxylic acids is 2. The molecular formula is C15H19NO5. The summed E-state index contributed by atoms with van der Waals surface area (Å²) in [6.07, 6.45) is 2.15. The normalized spacial score (nSPS) is 9.90. The Hall–Kier alpha value is -2.37. The Morgan fingerprint density at radius 2 is 1.86 bits per heavy atom. The maximum Gasteiger partial charge on any atom is 0.303 e. The quantitative estimate of drug-likeness (QED) is 0.505. The molecule has 0 fully saturated rings. The molecule has 0 spiro atoms. The minimum Gasteiger partial charge on any atom is -0.494 e. The van der Waals surface area contributed by atoms with E-state index in [0.29, 0.717) is 43.7 Å². The van der Waals surface area contributed by atoms with Crippen molar-refractivity contribution in [1.29, 1.82) is 0 Å². The summed E-state index contributed by atoms with van der Waals surface area (Å²) in [6, 6.07) is 6.74. The Labute approximate surface area is 123 Å². The van der Waals surface area contributed by atoms with Gasteiger partial charge in [0.2, 0.25) is 5.91 Å². The molecule has 1 aromatic carbocycles. The van der Waals surface area contributed by atoms with E-state index in [-0.39, 0.29) is 12.3 Å². The lowest BCUT2D eigenvalue weighted by Crippen LogP contribution is -2.25. The Kier molecular flexibility index (Phi) is 7.56.